The van der Waals surface area contributed by atoms with E-state index in [1.807, 2.05) is 0 Å². The van der Waals surface area contributed by atoms with Crippen LogP contribution in [0.3, 0.4) is 0 Å². The van der Waals surface area contributed by atoms with Crippen LogP contribution in [0.5, 0.6) is 0 Å². The second-order valence-corrected chi connectivity index (χ2v) is 6.17. The zero-order chi connectivity index (χ0) is 24.0. The van der Waals surface area contributed by atoms with Crippen LogP contribution in [-0.4, -0.2) is 46.0 Å². The molecule has 0 radical (unpaired) electrons. The normalized spacial score (nSPS) is 12.2. The predicted molar refractivity (Wildman–Crippen MR) is 106 cm³/mol. The monoisotopic (exact) mass is 438 g/mol. The fourth-order valence-electron chi connectivity index (χ4n) is 2.32. The van der Waals surface area contributed by atoms with Crippen molar-refractivity contribution in [1.29, 1.82) is 0 Å². The zero-order valence-electron chi connectivity index (χ0n) is 17.6. The van der Waals surface area contributed by atoms with E-state index in [0.29, 0.717) is 12.8 Å². The molecule has 0 unspecified atom stereocenters. The number of carboxylic acid groups (broad SMARTS) is 2. The van der Waals surface area contributed by atoms with Crippen molar-refractivity contribution in [2.75, 3.05) is 0 Å². The van der Waals surface area contributed by atoms with Crippen molar-refractivity contribution in [2.45, 2.75) is 59.3 Å². The fraction of sp³-hybridized carbons (Fsp3) is 0.429. The number of ether oxygens (including phenoxy) is 2. The Morgan fingerprint density at radius 3 is 1.39 bits per heavy atom. The zero-order valence-corrected chi connectivity index (χ0v) is 17.6. The van der Waals surface area contributed by atoms with Crippen LogP contribution in [0.2, 0.25) is 0 Å². The molecule has 0 aromatic carbocycles. The molecule has 0 saturated carbocycles. The molecule has 0 atom stereocenters. The Balaban J connectivity index is 5.15. The molecule has 0 fully saturated rings. The number of rotatable bonds is 12. The van der Waals surface area contributed by atoms with E-state index in [4.69, 9.17) is 10.2 Å². The van der Waals surface area contributed by atoms with Gasteiger partial charge in [-0.25, -0.2) is 14.4 Å². The summed E-state index contributed by atoms with van der Waals surface area (Å²) in [4.78, 5) is 70.0. The molecular weight excluding hydrogens is 412 g/mol. The predicted octanol–water partition coefficient (Wildman–Crippen LogP) is 2.47. The highest BCUT2D eigenvalue weighted by Gasteiger charge is 2.24. The summed E-state index contributed by atoms with van der Waals surface area (Å²) in [6.45, 7) is 4.98. The number of allylic oxidation sites excluding steroid dienone is 3. The molecule has 170 valence electrons. The van der Waals surface area contributed by atoms with Gasteiger partial charge in [-0.3, -0.25) is 14.4 Å². The number of hydrogen-bond donors (Lipinski definition) is 2. The Kier molecular flexibility index (Phi) is 12.8. The van der Waals surface area contributed by atoms with Crippen LogP contribution in [-0.2, 0) is 38.2 Å². The van der Waals surface area contributed by atoms with E-state index in [9.17, 15) is 28.8 Å². The number of carboxylic acids is 2. The van der Waals surface area contributed by atoms with Gasteiger partial charge < -0.3 is 19.7 Å². The van der Waals surface area contributed by atoms with Gasteiger partial charge in [0, 0.05) is 16.7 Å². The maximum atomic E-state index is 12.2. The quantitative estimate of drug-likeness (QED) is 0.263. The number of hydrogen-bond acceptors (Lipinski definition) is 8. The lowest BCUT2D eigenvalue weighted by Gasteiger charge is -2.09. The van der Waals surface area contributed by atoms with Crippen molar-refractivity contribution in [3.8, 4) is 0 Å². The largest absolute Gasteiger partial charge is 0.481 e. The van der Waals surface area contributed by atoms with E-state index in [-0.39, 0.29) is 23.1 Å². The lowest BCUT2D eigenvalue weighted by Crippen LogP contribution is -2.21. The molecule has 0 aromatic rings. The van der Waals surface area contributed by atoms with Crippen molar-refractivity contribution < 1.29 is 48.5 Å². The van der Waals surface area contributed by atoms with Crippen LogP contribution in [0, 0.1) is 0 Å². The number of esters is 4. The molecule has 0 amide bonds. The summed E-state index contributed by atoms with van der Waals surface area (Å²) in [7, 11) is 0. The van der Waals surface area contributed by atoms with E-state index in [2.05, 4.69) is 9.47 Å². The van der Waals surface area contributed by atoms with E-state index in [1.165, 1.54) is 18.2 Å². The van der Waals surface area contributed by atoms with Gasteiger partial charge in [-0.05, 0) is 19.3 Å². The Bertz CT molecular complexity index is 814. The standard InChI is InChI=1S/C21H26O10/c1-4-7-13(19(26)27)11-17(24)30-18(25)12-15(9-6-3)21(29)31-20(28)14(8-5-2)10-16(22)23/h7-9H,4-6,10-12H2,1-3H3,(H,22,23)(H,26,27). The first-order valence-corrected chi connectivity index (χ1v) is 9.57. The van der Waals surface area contributed by atoms with Crippen molar-refractivity contribution >= 4 is 35.8 Å². The molecule has 0 aliphatic rings. The smallest absolute Gasteiger partial charge is 0.342 e. The molecule has 0 heterocycles. The van der Waals surface area contributed by atoms with Crippen molar-refractivity contribution in [3.05, 3.63) is 34.9 Å². The van der Waals surface area contributed by atoms with Crippen molar-refractivity contribution in [1.82, 2.24) is 0 Å². The number of aliphatic carboxylic acids is 2. The van der Waals surface area contributed by atoms with Gasteiger partial charge in [0.1, 0.15) is 0 Å². The average Bonchev–Trinajstić information content (AvgIpc) is 2.66. The summed E-state index contributed by atoms with van der Waals surface area (Å²) < 4.78 is 9.20. The highest BCUT2D eigenvalue weighted by Crippen LogP contribution is 2.13. The summed E-state index contributed by atoms with van der Waals surface area (Å²) in [6.07, 6.45) is 2.92. The highest BCUT2D eigenvalue weighted by atomic mass is 16.6. The third-order valence-electron chi connectivity index (χ3n) is 3.57. The number of carbonyl (C=O) groups excluding carboxylic acids is 4. The molecule has 0 rings (SSSR count). The molecule has 10 heteroatoms. The van der Waals surface area contributed by atoms with Gasteiger partial charge in [0.15, 0.2) is 0 Å². The van der Waals surface area contributed by atoms with Crippen molar-refractivity contribution in [2.24, 2.45) is 0 Å². The lowest BCUT2D eigenvalue weighted by molar-refractivity contribution is -0.161. The second kappa shape index (κ2) is 14.4. The molecule has 0 aromatic heterocycles. The van der Waals surface area contributed by atoms with Crippen LogP contribution in [0.15, 0.2) is 34.9 Å². The molecule has 31 heavy (non-hydrogen) atoms. The summed E-state index contributed by atoms with van der Waals surface area (Å²) in [5, 5.41) is 17.8. The molecule has 0 aliphatic carbocycles. The van der Waals surface area contributed by atoms with Gasteiger partial charge >= 0.3 is 35.8 Å². The van der Waals surface area contributed by atoms with E-state index >= 15 is 0 Å². The molecule has 2 N–H and O–H groups in total. The third kappa shape index (κ3) is 11.3. The lowest BCUT2D eigenvalue weighted by atomic mass is 10.1. The third-order valence-corrected chi connectivity index (χ3v) is 3.57. The van der Waals surface area contributed by atoms with E-state index < -0.39 is 55.1 Å². The summed E-state index contributed by atoms with van der Waals surface area (Å²) in [5.74, 6) is -7.19. The molecular formula is C21H26O10. The summed E-state index contributed by atoms with van der Waals surface area (Å²) >= 11 is 0. The molecule has 0 spiro atoms. The second-order valence-electron chi connectivity index (χ2n) is 6.17. The van der Waals surface area contributed by atoms with Crippen molar-refractivity contribution in [3.63, 3.8) is 0 Å². The Morgan fingerprint density at radius 2 is 1.00 bits per heavy atom. The first-order valence-electron chi connectivity index (χ1n) is 9.57. The van der Waals surface area contributed by atoms with Gasteiger partial charge in [-0.1, -0.05) is 39.0 Å². The summed E-state index contributed by atoms with van der Waals surface area (Å²) in [5.41, 5.74) is -0.716. The van der Waals surface area contributed by atoms with Crippen LogP contribution in [0.4, 0.5) is 0 Å². The molecule has 0 aliphatic heterocycles. The van der Waals surface area contributed by atoms with E-state index in [0.717, 1.165) is 0 Å². The van der Waals surface area contributed by atoms with Crippen LogP contribution in [0.1, 0.15) is 59.3 Å². The SMILES string of the molecule is CCC=C(CC(=O)OC(=O)CC(=CCC)C(=O)OC(=O)C(=CCC)CC(=O)O)C(=O)O. The van der Waals surface area contributed by atoms with Gasteiger partial charge in [0.25, 0.3) is 0 Å². The highest BCUT2D eigenvalue weighted by molar-refractivity contribution is 6.05. The molecule has 10 nitrogen and oxygen atoms in total. The van der Waals surface area contributed by atoms with Gasteiger partial charge in [0.2, 0.25) is 0 Å². The maximum absolute atomic E-state index is 12.2. The van der Waals surface area contributed by atoms with Crippen LogP contribution < -0.4 is 0 Å². The topological polar surface area (TPSA) is 161 Å². The maximum Gasteiger partial charge on any atom is 0.342 e. The van der Waals surface area contributed by atoms with Crippen LogP contribution >= 0.6 is 0 Å². The van der Waals surface area contributed by atoms with Gasteiger partial charge in [-0.2, -0.15) is 0 Å². The summed E-state index contributed by atoms with van der Waals surface area (Å²) in [6, 6.07) is 0. The first kappa shape index (κ1) is 27.4. The average molecular weight is 438 g/mol. The fourth-order valence-corrected chi connectivity index (χ4v) is 2.32. The minimum absolute atomic E-state index is 0.221. The number of carbonyl (C=O) groups is 6. The first-order chi connectivity index (χ1) is 14.5. The Labute approximate surface area is 179 Å². The van der Waals surface area contributed by atoms with E-state index in [1.54, 1.807) is 20.8 Å². The molecule has 0 saturated heterocycles. The molecule has 0 bridgehead atoms. The Morgan fingerprint density at radius 1 is 0.613 bits per heavy atom. The van der Waals surface area contributed by atoms with Gasteiger partial charge in [0.05, 0.1) is 19.3 Å². The van der Waals surface area contributed by atoms with Gasteiger partial charge in [-0.15, -0.1) is 0 Å². The minimum atomic E-state index is -1.32. The minimum Gasteiger partial charge on any atom is -0.481 e. The van der Waals surface area contributed by atoms with Crippen LogP contribution in [0.25, 0.3) is 0 Å². The Hall–Kier alpha value is -3.56.